The number of benzene rings is 1. The summed E-state index contributed by atoms with van der Waals surface area (Å²) in [5.74, 6) is 0.00771. The van der Waals surface area contributed by atoms with Crippen LogP contribution in [0.2, 0.25) is 0 Å². The molecule has 0 unspecified atom stereocenters. The highest BCUT2D eigenvalue weighted by Gasteiger charge is 2.23. The molecule has 1 N–H and O–H groups in total. The van der Waals surface area contributed by atoms with Crippen molar-refractivity contribution in [1.82, 2.24) is 15.1 Å². The Morgan fingerprint density at radius 1 is 1.21 bits per heavy atom. The van der Waals surface area contributed by atoms with E-state index >= 15 is 0 Å². The van der Waals surface area contributed by atoms with Gasteiger partial charge in [0.2, 0.25) is 5.91 Å². The number of morpholine rings is 1. The maximum absolute atomic E-state index is 13.0. The quantitative estimate of drug-likeness (QED) is 0.899. The number of ether oxygens (including phenoxy) is 1. The molecule has 3 rings (SSSR count). The van der Waals surface area contributed by atoms with Crippen molar-refractivity contribution in [3.8, 4) is 0 Å². The minimum atomic E-state index is -0.202. The third kappa shape index (κ3) is 5.00. The highest BCUT2D eigenvalue weighted by molar-refractivity contribution is 5.76. The van der Waals surface area contributed by atoms with E-state index in [1.807, 2.05) is 17.0 Å². The van der Waals surface area contributed by atoms with Crippen LogP contribution in [0.3, 0.4) is 0 Å². The Hall–Kier alpha value is -1.50. The van der Waals surface area contributed by atoms with Crippen LogP contribution in [0.1, 0.15) is 18.4 Å². The molecule has 0 aromatic heterocycles. The van der Waals surface area contributed by atoms with Gasteiger partial charge in [0.05, 0.1) is 13.2 Å². The minimum Gasteiger partial charge on any atom is -0.378 e. The Balaban J connectivity index is 1.47. The standard InChI is InChI=1S/C18H26FN3O2/c19-16-4-2-15(3-5-16)13-21-7-1-8-22(10-9-21)18(23)12-17-14-24-11-6-20-17/h2-5,17,20H,1,6-14H2/t17-/m1/s1. The zero-order chi connectivity index (χ0) is 16.8. The third-order valence-electron chi connectivity index (χ3n) is 4.68. The number of hydrogen-bond acceptors (Lipinski definition) is 4. The molecule has 5 nitrogen and oxygen atoms in total. The Morgan fingerprint density at radius 2 is 2.04 bits per heavy atom. The highest BCUT2D eigenvalue weighted by Crippen LogP contribution is 2.11. The van der Waals surface area contributed by atoms with E-state index in [0.29, 0.717) is 13.0 Å². The number of carbonyl (C=O) groups excluding carboxylic acids is 1. The number of halogens is 1. The lowest BCUT2D eigenvalue weighted by Gasteiger charge is -2.27. The van der Waals surface area contributed by atoms with Gasteiger partial charge >= 0.3 is 0 Å². The predicted molar refractivity (Wildman–Crippen MR) is 90.1 cm³/mol. The van der Waals surface area contributed by atoms with E-state index in [-0.39, 0.29) is 17.8 Å². The van der Waals surface area contributed by atoms with Gasteiger partial charge in [0, 0.05) is 51.7 Å². The van der Waals surface area contributed by atoms with Gasteiger partial charge < -0.3 is 15.0 Å². The average molecular weight is 335 g/mol. The predicted octanol–water partition coefficient (Wildman–Crippen LogP) is 1.24. The summed E-state index contributed by atoms with van der Waals surface area (Å²) >= 11 is 0. The molecule has 0 saturated carbocycles. The first-order valence-electron chi connectivity index (χ1n) is 8.76. The molecule has 0 spiro atoms. The van der Waals surface area contributed by atoms with E-state index in [1.54, 1.807) is 0 Å². The molecule has 2 fully saturated rings. The topological polar surface area (TPSA) is 44.8 Å². The summed E-state index contributed by atoms with van der Waals surface area (Å²) in [6, 6.07) is 6.81. The Bertz CT molecular complexity index is 532. The normalized spacial score (nSPS) is 23.0. The van der Waals surface area contributed by atoms with Crippen molar-refractivity contribution in [2.45, 2.75) is 25.4 Å². The van der Waals surface area contributed by atoms with Gasteiger partial charge in [-0.25, -0.2) is 4.39 Å². The van der Waals surface area contributed by atoms with Crippen LogP contribution in [-0.2, 0) is 16.1 Å². The zero-order valence-corrected chi connectivity index (χ0v) is 14.0. The van der Waals surface area contributed by atoms with Gasteiger partial charge in [-0.05, 0) is 24.1 Å². The first-order valence-corrected chi connectivity index (χ1v) is 8.76. The van der Waals surface area contributed by atoms with Crippen LogP contribution in [0.4, 0.5) is 4.39 Å². The van der Waals surface area contributed by atoms with Crippen LogP contribution in [0, 0.1) is 5.82 Å². The molecule has 1 amide bonds. The van der Waals surface area contributed by atoms with Crippen LogP contribution in [0.25, 0.3) is 0 Å². The molecular weight excluding hydrogens is 309 g/mol. The molecule has 1 atom stereocenters. The molecule has 2 heterocycles. The van der Waals surface area contributed by atoms with Crippen molar-refractivity contribution in [2.24, 2.45) is 0 Å². The molecule has 1 aromatic rings. The molecule has 1 aromatic carbocycles. The van der Waals surface area contributed by atoms with Crippen LogP contribution < -0.4 is 5.32 Å². The summed E-state index contributed by atoms with van der Waals surface area (Å²) in [6.07, 6.45) is 1.49. The van der Waals surface area contributed by atoms with Crippen LogP contribution in [-0.4, -0.2) is 67.7 Å². The number of nitrogens with one attached hydrogen (secondary N) is 1. The molecular formula is C18H26FN3O2. The Kier molecular flexibility index (Phi) is 6.18. The van der Waals surface area contributed by atoms with Gasteiger partial charge in [-0.1, -0.05) is 12.1 Å². The number of amides is 1. The van der Waals surface area contributed by atoms with E-state index in [0.717, 1.165) is 57.9 Å². The number of nitrogens with zero attached hydrogens (tertiary/aromatic N) is 2. The maximum Gasteiger partial charge on any atom is 0.224 e. The van der Waals surface area contributed by atoms with Crippen molar-refractivity contribution in [3.05, 3.63) is 35.6 Å². The van der Waals surface area contributed by atoms with Crippen molar-refractivity contribution in [3.63, 3.8) is 0 Å². The van der Waals surface area contributed by atoms with Crippen LogP contribution in [0.5, 0.6) is 0 Å². The molecule has 24 heavy (non-hydrogen) atoms. The minimum absolute atomic E-state index is 0.143. The fourth-order valence-electron chi connectivity index (χ4n) is 3.32. The van der Waals surface area contributed by atoms with E-state index in [4.69, 9.17) is 4.74 Å². The van der Waals surface area contributed by atoms with E-state index in [1.165, 1.54) is 12.1 Å². The fourth-order valence-corrected chi connectivity index (χ4v) is 3.32. The maximum atomic E-state index is 13.0. The third-order valence-corrected chi connectivity index (χ3v) is 4.68. The SMILES string of the molecule is O=C(C[C@@H]1COCCN1)N1CCCN(Cc2ccc(F)cc2)CC1. The summed E-state index contributed by atoms with van der Waals surface area (Å²) in [5, 5.41) is 3.34. The van der Waals surface area contributed by atoms with Crippen LogP contribution in [0.15, 0.2) is 24.3 Å². The summed E-state index contributed by atoms with van der Waals surface area (Å²) in [4.78, 5) is 16.8. The van der Waals surface area contributed by atoms with Crippen molar-refractivity contribution in [2.75, 3.05) is 45.9 Å². The molecule has 132 valence electrons. The van der Waals surface area contributed by atoms with E-state index in [9.17, 15) is 9.18 Å². The van der Waals surface area contributed by atoms with Gasteiger partial charge in [-0.2, -0.15) is 0 Å². The molecule has 0 aliphatic carbocycles. The fraction of sp³-hybridized carbons (Fsp3) is 0.611. The van der Waals surface area contributed by atoms with Crippen LogP contribution >= 0.6 is 0 Å². The average Bonchev–Trinajstić information content (AvgIpc) is 2.83. The van der Waals surface area contributed by atoms with Crippen molar-refractivity contribution < 1.29 is 13.9 Å². The molecule has 2 aliphatic rings. The largest absolute Gasteiger partial charge is 0.378 e. The Labute approximate surface area is 142 Å². The van der Waals surface area contributed by atoms with Crippen molar-refractivity contribution in [1.29, 1.82) is 0 Å². The molecule has 0 bridgehead atoms. The second-order valence-corrected chi connectivity index (χ2v) is 6.57. The number of hydrogen-bond donors (Lipinski definition) is 1. The second kappa shape index (κ2) is 8.55. The summed E-state index contributed by atoms with van der Waals surface area (Å²) in [7, 11) is 0. The summed E-state index contributed by atoms with van der Waals surface area (Å²) in [6.45, 7) is 6.37. The highest BCUT2D eigenvalue weighted by atomic mass is 19.1. The molecule has 2 saturated heterocycles. The van der Waals surface area contributed by atoms with Gasteiger partial charge in [0.1, 0.15) is 5.82 Å². The molecule has 2 aliphatic heterocycles. The van der Waals surface area contributed by atoms with E-state index in [2.05, 4.69) is 10.2 Å². The first-order chi connectivity index (χ1) is 11.7. The summed E-state index contributed by atoms with van der Waals surface area (Å²) < 4.78 is 18.4. The smallest absolute Gasteiger partial charge is 0.224 e. The monoisotopic (exact) mass is 335 g/mol. The van der Waals surface area contributed by atoms with E-state index < -0.39 is 0 Å². The lowest BCUT2D eigenvalue weighted by atomic mass is 10.1. The van der Waals surface area contributed by atoms with Gasteiger partial charge in [0.25, 0.3) is 0 Å². The zero-order valence-electron chi connectivity index (χ0n) is 14.0. The summed E-state index contributed by atoms with van der Waals surface area (Å²) in [5.41, 5.74) is 1.11. The van der Waals surface area contributed by atoms with Gasteiger partial charge in [-0.3, -0.25) is 9.69 Å². The lowest BCUT2D eigenvalue weighted by molar-refractivity contribution is -0.132. The molecule has 0 radical (unpaired) electrons. The first kappa shape index (κ1) is 17.3. The van der Waals surface area contributed by atoms with Gasteiger partial charge in [-0.15, -0.1) is 0 Å². The second-order valence-electron chi connectivity index (χ2n) is 6.57. The van der Waals surface area contributed by atoms with Crippen molar-refractivity contribution >= 4 is 5.91 Å². The molecule has 6 heteroatoms. The number of rotatable bonds is 4. The number of carbonyl (C=O) groups is 1. The Morgan fingerprint density at radius 3 is 2.79 bits per heavy atom. The lowest BCUT2D eigenvalue weighted by Crippen LogP contribution is -2.45. The van der Waals surface area contributed by atoms with Gasteiger partial charge in [0.15, 0.2) is 0 Å².